The van der Waals surface area contributed by atoms with Crippen molar-refractivity contribution in [3.05, 3.63) is 70.5 Å². The Balaban J connectivity index is 1.79. The summed E-state index contributed by atoms with van der Waals surface area (Å²) in [5, 5.41) is 5.32. The van der Waals surface area contributed by atoms with Gasteiger partial charge in [-0.3, -0.25) is 4.79 Å². The van der Waals surface area contributed by atoms with E-state index in [9.17, 15) is 9.18 Å². The van der Waals surface area contributed by atoms with E-state index in [0.29, 0.717) is 10.6 Å². The van der Waals surface area contributed by atoms with E-state index in [2.05, 4.69) is 5.32 Å². The number of hydrogen-bond donors (Lipinski definition) is 2. The highest BCUT2D eigenvalue weighted by Gasteiger charge is 2.12. The summed E-state index contributed by atoms with van der Waals surface area (Å²) in [5.41, 5.74) is 1.55. The van der Waals surface area contributed by atoms with Crippen molar-refractivity contribution in [3.63, 3.8) is 0 Å². The number of carbonyl (C=O) groups excluding carboxylic acids is 1. The zero-order valence-corrected chi connectivity index (χ0v) is 13.1. The predicted octanol–water partition coefficient (Wildman–Crippen LogP) is 2.42. The minimum absolute atomic E-state index is 0.123. The van der Waals surface area contributed by atoms with E-state index in [1.54, 1.807) is 18.2 Å². The molecule has 0 heterocycles. The van der Waals surface area contributed by atoms with Crippen LogP contribution < -0.4 is 10.6 Å². The maximum absolute atomic E-state index is 13.4. The van der Waals surface area contributed by atoms with Crippen LogP contribution in [-0.4, -0.2) is 12.5 Å². The van der Waals surface area contributed by atoms with Crippen LogP contribution in [-0.2, 0) is 11.3 Å². The number of rotatable bonds is 6. The molecule has 1 atom stereocenters. The van der Waals surface area contributed by atoms with Crippen molar-refractivity contribution >= 4 is 17.5 Å². The Labute approximate surface area is 134 Å². The molecule has 0 spiro atoms. The first-order valence-electron chi connectivity index (χ1n) is 7.15. The molecule has 0 fully saturated rings. The molecule has 3 nitrogen and oxygen atoms in total. The van der Waals surface area contributed by atoms with E-state index in [0.717, 1.165) is 5.56 Å². The van der Waals surface area contributed by atoms with Crippen molar-refractivity contribution < 1.29 is 14.5 Å². The van der Waals surface area contributed by atoms with Gasteiger partial charge < -0.3 is 10.6 Å². The van der Waals surface area contributed by atoms with Crippen molar-refractivity contribution in [2.24, 2.45) is 0 Å². The average molecular weight is 322 g/mol. The Morgan fingerprint density at radius 1 is 1.27 bits per heavy atom. The first kappa shape index (κ1) is 16.5. The summed E-state index contributed by atoms with van der Waals surface area (Å²) in [6.45, 7) is 2.49. The Morgan fingerprint density at radius 2 is 2.05 bits per heavy atom. The second-order valence-electron chi connectivity index (χ2n) is 5.15. The third-order valence-corrected chi connectivity index (χ3v) is 3.70. The molecular formula is C17H19ClFN2O+. The molecule has 0 aliphatic rings. The highest BCUT2D eigenvalue weighted by molar-refractivity contribution is 6.30. The molecule has 0 unspecified atom stereocenters. The molecule has 0 bridgehead atoms. The standard InChI is InChI=1S/C17H18ClFN2O/c1-12(13-6-4-7-15(18)9-13)20-11-17(22)21-10-14-5-2-3-8-16(14)19/h2-9,12,20H,10-11H2,1H3,(H,21,22)/p+1/t12-/m1/s1. The third-order valence-electron chi connectivity index (χ3n) is 3.47. The fraction of sp³-hybridized carbons (Fsp3) is 0.235. The second-order valence-corrected chi connectivity index (χ2v) is 5.59. The Hall–Kier alpha value is -1.91. The van der Waals surface area contributed by atoms with E-state index < -0.39 is 0 Å². The number of amides is 1. The summed E-state index contributed by atoms with van der Waals surface area (Å²) < 4.78 is 13.4. The fourth-order valence-electron chi connectivity index (χ4n) is 2.12. The van der Waals surface area contributed by atoms with Crippen LogP contribution in [0.5, 0.6) is 0 Å². The molecule has 2 aromatic rings. The van der Waals surface area contributed by atoms with Crippen LogP contribution in [0.25, 0.3) is 0 Å². The molecule has 0 aliphatic heterocycles. The summed E-state index contributed by atoms with van der Waals surface area (Å²) in [6.07, 6.45) is 0. The van der Waals surface area contributed by atoms with Crippen LogP contribution in [0, 0.1) is 5.82 Å². The number of carbonyl (C=O) groups is 1. The molecule has 2 aromatic carbocycles. The normalized spacial score (nSPS) is 12.0. The summed E-state index contributed by atoms with van der Waals surface area (Å²) >= 11 is 5.96. The van der Waals surface area contributed by atoms with E-state index in [4.69, 9.17) is 11.6 Å². The average Bonchev–Trinajstić information content (AvgIpc) is 2.52. The van der Waals surface area contributed by atoms with Gasteiger partial charge in [0.05, 0.1) is 0 Å². The van der Waals surface area contributed by atoms with Gasteiger partial charge in [0.25, 0.3) is 5.91 Å². The van der Waals surface area contributed by atoms with Gasteiger partial charge in [-0.1, -0.05) is 41.9 Å². The monoisotopic (exact) mass is 321 g/mol. The van der Waals surface area contributed by atoms with Gasteiger partial charge >= 0.3 is 0 Å². The molecule has 0 aliphatic carbocycles. The minimum Gasteiger partial charge on any atom is -0.347 e. The molecule has 0 saturated heterocycles. The van der Waals surface area contributed by atoms with Crippen LogP contribution in [0.1, 0.15) is 24.1 Å². The van der Waals surface area contributed by atoms with E-state index in [-0.39, 0.29) is 30.9 Å². The lowest BCUT2D eigenvalue weighted by Crippen LogP contribution is -2.87. The van der Waals surface area contributed by atoms with Gasteiger partial charge in [-0.05, 0) is 25.1 Å². The van der Waals surface area contributed by atoms with Gasteiger partial charge in [-0.2, -0.15) is 0 Å². The molecule has 1 amide bonds. The molecule has 22 heavy (non-hydrogen) atoms. The van der Waals surface area contributed by atoms with Gasteiger partial charge in [0.1, 0.15) is 11.9 Å². The van der Waals surface area contributed by atoms with Crippen LogP contribution in [0.15, 0.2) is 48.5 Å². The summed E-state index contributed by atoms with van der Waals surface area (Å²) in [4.78, 5) is 11.8. The molecule has 0 saturated carbocycles. The number of hydrogen-bond acceptors (Lipinski definition) is 1. The van der Waals surface area contributed by atoms with Gasteiger partial charge in [-0.25, -0.2) is 4.39 Å². The first-order valence-corrected chi connectivity index (χ1v) is 7.53. The quantitative estimate of drug-likeness (QED) is 0.843. The lowest BCUT2D eigenvalue weighted by atomic mass is 10.1. The first-order chi connectivity index (χ1) is 10.6. The molecule has 0 aromatic heterocycles. The van der Waals surface area contributed by atoms with Crippen molar-refractivity contribution in [1.82, 2.24) is 5.32 Å². The largest absolute Gasteiger partial charge is 0.347 e. The molecule has 0 radical (unpaired) electrons. The maximum Gasteiger partial charge on any atom is 0.275 e. The van der Waals surface area contributed by atoms with Crippen LogP contribution in [0.3, 0.4) is 0 Å². The zero-order valence-electron chi connectivity index (χ0n) is 12.4. The number of nitrogens with one attached hydrogen (secondary N) is 1. The molecule has 3 N–H and O–H groups in total. The zero-order chi connectivity index (χ0) is 15.9. The molecule has 2 rings (SSSR count). The molecular weight excluding hydrogens is 303 g/mol. The van der Waals surface area contributed by atoms with Crippen molar-refractivity contribution in [2.75, 3.05) is 6.54 Å². The Bertz CT molecular complexity index is 648. The second kappa shape index (κ2) is 7.92. The van der Waals surface area contributed by atoms with Crippen LogP contribution in [0.2, 0.25) is 5.02 Å². The van der Waals surface area contributed by atoms with E-state index in [1.165, 1.54) is 6.07 Å². The SMILES string of the molecule is C[C@@H]([NH2+]CC(=O)NCc1ccccc1F)c1cccc(Cl)c1. The number of quaternary nitrogens is 1. The molecule has 5 heteroatoms. The summed E-state index contributed by atoms with van der Waals surface area (Å²) in [6, 6.07) is 14.1. The van der Waals surface area contributed by atoms with Gasteiger partial charge in [0, 0.05) is 22.7 Å². The van der Waals surface area contributed by atoms with E-state index >= 15 is 0 Å². The minimum atomic E-state index is -0.306. The molecule has 116 valence electrons. The number of halogens is 2. The highest BCUT2D eigenvalue weighted by atomic mass is 35.5. The summed E-state index contributed by atoms with van der Waals surface area (Å²) in [7, 11) is 0. The van der Waals surface area contributed by atoms with Crippen LogP contribution in [0.4, 0.5) is 4.39 Å². The summed E-state index contributed by atoms with van der Waals surface area (Å²) in [5.74, 6) is -0.434. The van der Waals surface area contributed by atoms with Crippen LogP contribution >= 0.6 is 11.6 Å². The Morgan fingerprint density at radius 3 is 2.77 bits per heavy atom. The lowest BCUT2D eigenvalue weighted by Gasteiger charge is -2.11. The van der Waals surface area contributed by atoms with Gasteiger partial charge in [-0.15, -0.1) is 0 Å². The van der Waals surface area contributed by atoms with Crippen molar-refractivity contribution in [2.45, 2.75) is 19.5 Å². The highest BCUT2D eigenvalue weighted by Crippen LogP contribution is 2.14. The number of nitrogens with two attached hydrogens (primary N) is 1. The van der Waals surface area contributed by atoms with Gasteiger partial charge in [0.2, 0.25) is 0 Å². The predicted molar refractivity (Wildman–Crippen MR) is 84.9 cm³/mol. The lowest BCUT2D eigenvalue weighted by molar-refractivity contribution is -0.682. The van der Waals surface area contributed by atoms with E-state index in [1.807, 2.05) is 36.5 Å². The third kappa shape index (κ3) is 4.83. The smallest absolute Gasteiger partial charge is 0.275 e. The Kier molecular flexibility index (Phi) is 5.92. The fourth-order valence-corrected chi connectivity index (χ4v) is 2.32. The van der Waals surface area contributed by atoms with Gasteiger partial charge in [0.15, 0.2) is 6.54 Å². The topological polar surface area (TPSA) is 45.7 Å². The van der Waals surface area contributed by atoms with Crippen molar-refractivity contribution in [1.29, 1.82) is 0 Å². The number of benzene rings is 2. The maximum atomic E-state index is 13.4. The van der Waals surface area contributed by atoms with Crippen molar-refractivity contribution in [3.8, 4) is 0 Å².